The lowest BCUT2D eigenvalue weighted by molar-refractivity contribution is 0.406. The molecule has 88 valence electrons. The van der Waals surface area contributed by atoms with Gasteiger partial charge in [-0.15, -0.1) is 0 Å². The fraction of sp³-hybridized carbons (Fsp3) is 0.385. The van der Waals surface area contributed by atoms with Crippen molar-refractivity contribution in [2.75, 3.05) is 13.7 Å². The maximum Gasteiger partial charge on any atom is 0.123 e. The van der Waals surface area contributed by atoms with E-state index in [0.29, 0.717) is 12.3 Å². The van der Waals surface area contributed by atoms with E-state index in [9.17, 15) is 5.11 Å². The molecule has 16 heavy (non-hydrogen) atoms. The number of benzene rings is 1. The van der Waals surface area contributed by atoms with Gasteiger partial charge in [-0.3, -0.25) is 0 Å². The topological polar surface area (TPSA) is 41.5 Å². The second kappa shape index (κ2) is 6.18. The molecule has 0 saturated carbocycles. The minimum atomic E-state index is 0.268. The van der Waals surface area contributed by atoms with Gasteiger partial charge in [0, 0.05) is 24.7 Å². The maximum absolute atomic E-state index is 9.70. The van der Waals surface area contributed by atoms with Crippen LogP contribution >= 0.6 is 0 Å². The molecule has 1 aromatic rings. The lowest BCUT2D eigenvalue weighted by atomic mass is 10.2. The average Bonchev–Trinajstić information content (AvgIpc) is 2.25. The second-order valence-corrected chi connectivity index (χ2v) is 3.91. The van der Waals surface area contributed by atoms with Gasteiger partial charge in [0.1, 0.15) is 11.5 Å². The summed E-state index contributed by atoms with van der Waals surface area (Å²) in [5.41, 5.74) is 2.16. The number of phenolic OH excluding ortho intramolecular Hbond substituents is 1. The summed E-state index contributed by atoms with van der Waals surface area (Å²) in [5, 5.41) is 12.9. The molecule has 0 unspecified atom stereocenters. The lowest BCUT2D eigenvalue weighted by Crippen LogP contribution is -2.13. The minimum Gasteiger partial charge on any atom is -0.507 e. The molecular weight excluding hydrogens is 202 g/mol. The standard InChI is InChI=1S/C13H19NO2/c1-10(2)6-7-14-9-11-4-5-12(16-3)8-13(11)15/h4-6,8,14-15H,7,9H2,1-3H3. The van der Waals surface area contributed by atoms with Gasteiger partial charge in [0.25, 0.3) is 0 Å². The highest BCUT2D eigenvalue weighted by Gasteiger charge is 2.01. The van der Waals surface area contributed by atoms with Crippen LogP contribution in [0.25, 0.3) is 0 Å². The van der Waals surface area contributed by atoms with Crippen molar-refractivity contribution in [3.8, 4) is 11.5 Å². The van der Waals surface area contributed by atoms with Crippen LogP contribution in [0.5, 0.6) is 11.5 Å². The fourth-order valence-corrected chi connectivity index (χ4v) is 1.30. The van der Waals surface area contributed by atoms with Crippen LogP contribution < -0.4 is 10.1 Å². The van der Waals surface area contributed by atoms with Gasteiger partial charge in [0.05, 0.1) is 7.11 Å². The van der Waals surface area contributed by atoms with Gasteiger partial charge < -0.3 is 15.2 Å². The number of allylic oxidation sites excluding steroid dienone is 1. The first-order chi connectivity index (χ1) is 7.63. The highest BCUT2D eigenvalue weighted by Crippen LogP contribution is 2.22. The summed E-state index contributed by atoms with van der Waals surface area (Å²) in [6.07, 6.45) is 2.11. The molecule has 0 bridgehead atoms. The Morgan fingerprint density at radius 3 is 2.75 bits per heavy atom. The monoisotopic (exact) mass is 221 g/mol. The normalized spacial score (nSPS) is 9.94. The molecule has 0 aliphatic rings. The van der Waals surface area contributed by atoms with Crippen LogP contribution in [0.1, 0.15) is 19.4 Å². The van der Waals surface area contributed by atoms with Gasteiger partial charge in [-0.1, -0.05) is 17.7 Å². The highest BCUT2D eigenvalue weighted by molar-refractivity contribution is 5.39. The van der Waals surface area contributed by atoms with Crippen molar-refractivity contribution in [3.05, 3.63) is 35.4 Å². The summed E-state index contributed by atoms with van der Waals surface area (Å²) in [7, 11) is 1.58. The summed E-state index contributed by atoms with van der Waals surface area (Å²) in [4.78, 5) is 0. The summed E-state index contributed by atoms with van der Waals surface area (Å²) < 4.78 is 5.02. The summed E-state index contributed by atoms with van der Waals surface area (Å²) in [5.74, 6) is 0.939. The van der Waals surface area contributed by atoms with Crippen molar-refractivity contribution in [3.63, 3.8) is 0 Å². The van der Waals surface area contributed by atoms with E-state index in [0.717, 1.165) is 12.1 Å². The largest absolute Gasteiger partial charge is 0.507 e. The smallest absolute Gasteiger partial charge is 0.123 e. The molecule has 0 radical (unpaired) electrons. The summed E-state index contributed by atoms with van der Waals surface area (Å²) >= 11 is 0. The Morgan fingerprint density at radius 2 is 2.19 bits per heavy atom. The number of phenols is 1. The van der Waals surface area contributed by atoms with Crippen LogP contribution in [0, 0.1) is 0 Å². The molecule has 1 rings (SSSR count). The predicted molar refractivity (Wildman–Crippen MR) is 65.8 cm³/mol. The first-order valence-corrected chi connectivity index (χ1v) is 5.33. The van der Waals surface area contributed by atoms with Crippen LogP contribution in [0.2, 0.25) is 0 Å². The van der Waals surface area contributed by atoms with E-state index in [1.165, 1.54) is 5.57 Å². The predicted octanol–water partition coefficient (Wildman–Crippen LogP) is 2.46. The Hall–Kier alpha value is -1.48. The van der Waals surface area contributed by atoms with E-state index >= 15 is 0 Å². The molecule has 0 heterocycles. The van der Waals surface area contributed by atoms with Crippen molar-refractivity contribution < 1.29 is 9.84 Å². The number of ether oxygens (including phenoxy) is 1. The number of methoxy groups -OCH3 is 1. The van der Waals surface area contributed by atoms with E-state index in [2.05, 4.69) is 25.2 Å². The second-order valence-electron chi connectivity index (χ2n) is 3.91. The Kier molecular flexibility index (Phi) is 4.86. The molecule has 3 heteroatoms. The minimum absolute atomic E-state index is 0.268. The molecule has 0 fully saturated rings. The molecule has 0 saturated heterocycles. The number of rotatable bonds is 5. The number of hydrogen-bond donors (Lipinski definition) is 2. The molecule has 1 aromatic carbocycles. The van der Waals surface area contributed by atoms with Crippen LogP contribution in [0.15, 0.2) is 29.8 Å². The van der Waals surface area contributed by atoms with E-state index in [1.807, 2.05) is 12.1 Å². The van der Waals surface area contributed by atoms with Crippen LogP contribution in [-0.2, 0) is 6.54 Å². The van der Waals surface area contributed by atoms with Crippen molar-refractivity contribution in [1.29, 1.82) is 0 Å². The van der Waals surface area contributed by atoms with Crippen LogP contribution in [-0.4, -0.2) is 18.8 Å². The summed E-state index contributed by atoms with van der Waals surface area (Å²) in [6, 6.07) is 5.33. The quantitative estimate of drug-likeness (QED) is 0.593. The molecule has 2 N–H and O–H groups in total. The molecule has 3 nitrogen and oxygen atoms in total. The highest BCUT2D eigenvalue weighted by atomic mass is 16.5. The Balaban J connectivity index is 2.51. The van der Waals surface area contributed by atoms with Crippen molar-refractivity contribution in [2.24, 2.45) is 0 Å². The molecule has 0 spiro atoms. The lowest BCUT2D eigenvalue weighted by Gasteiger charge is -2.07. The molecule has 0 aliphatic heterocycles. The van der Waals surface area contributed by atoms with Gasteiger partial charge >= 0.3 is 0 Å². The van der Waals surface area contributed by atoms with Gasteiger partial charge in [-0.2, -0.15) is 0 Å². The zero-order chi connectivity index (χ0) is 12.0. The van der Waals surface area contributed by atoms with Gasteiger partial charge in [-0.25, -0.2) is 0 Å². The van der Waals surface area contributed by atoms with E-state index in [-0.39, 0.29) is 5.75 Å². The third kappa shape index (κ3) is 3.95. The molecule has 0 atom stereocenters. The first-order valence-electron chi connectivity index (χ1n) is 5.33. The molecule has 0 amide bonds. The van der Waals surface area contributed by atoms with Crippen molar-refractivity contribution in [2.45, 2.75) is 20.4 Å². The zero-order valence-electron chi connectivity index (χ0n) is 10.1. The van der Waals surface area contributed by atoms with Crippen LogP contribution in [0.4, 0.5) is 0 Å². The maximum atomic E-state index is 9.70. The first kappa shape index (κ1) is 12.6. The molecule has 0 aromatic heterocycles. The third-order valence-corrected chi connectivity index (χ3v) is 2.26. The fourth-order valence-electron chi connectivity index (χ4n) is 1.30. The zero-order valence-corrected chi connectivity index (χ0v) is 10.1. The SMILES string of the molecule is COc1ccc(CNCC=C(C)C)c(O)c1. The van der Waals surface area contributed by atoms with Crippen molar-refractivity contribution in [1.82, 2.24) is 5.32 Å². The summed E-state index contributed by atoms with van der Waals surface area (Å²) in [6.45, 7) is 5.59. The molecule has 0 aliphatic carbocycles. The number of nitrogens with one attached hydrogen (secondary N) is 1. The van der Waals surface area contributed by atoms with Gasteiger partial charge in [0.15, 0.2) is 0 Å². The van der Waals surface area contributed by atoms with Gasteiger partial charge in [0.2, 0.25) is 0 Å². The van der Waals surface area contributed by atoms with Crippen LogP contribution in [0.3, 0.4) is 0 Å². The van der Waals surface area contributed by atoms with E-state index < -0.39 is 0 Å². The average molecular weight is 221 g/mol. The Morgan fingerprint density at radius 1 is 1.44 bits per heavy atom. The number of hydrogen-bond acceptors (Lipinski definition) is 3. The Labute approximate surface area is 96.8 Å². The van der Waals surface area contributed by atoms with Crippen molar-refractivity contribution >= 4 is 0 Å². The Bertz CT molecular complexity index is 368. The molecular formula is C13H19NO2. The number of aromatic hydroxyl groups is 1. The van der Waals surface area contributed by atoms with Gasteiger partial charge in [-0.05, 0) is 19.9 Å². The van der Waals surface area contributed by atoms with E-state index in [4.69, 9.17) is 4.74 Å². The van der Waals surface area contributed by atoms with E-state index in [1.54, 1.807) is 13.2 Å². The third-order valence-electron chi connectivity index (χ3n) is 2.26.